The minimum absolute atomic E-state index is 0.582. The quantitative estimate of drug-likeness (QED) is 0.659. The van der Waals surface area contributed by atoms with Crippen LogP contribution in [-0.2, 0) is 6.42 Å². The molecule has 90 valence electrons. The second-order valence-corrected chi connectivity index (χ2v) is 4.59. The van der Waals surface area contributed by atoms with Gasteiger partial charge in [-0.1, -0.05) is 45.2 Å². The van der Waals surface area contributed by atoms with Crippen molar-refractivity contribution in [3.05, 3.63) is 29.8 Å². The standard InChI is InChI=1S/C15H25N/c1-4-6-7-8-13(3)16-15-11-9-14(5-2)10-12-15/h9-13,16H,4-8H2,1-3H3. The van der Waals surface area contributed by atoms with E-state index in [1.807, 2.05) is 0 Å². The molecule has 0 aromatic heterocycles. The lowest BCUT2D eigenvalue weighted by Gasteiger charge is -2.15. The lowest BCUT2D eigenvalue weighted by molar-refractivity contribution is 0.615. The summed E-state index contributed by atoms with van der Waals surface area (Å²) in [6.07, 6.45) is 6.37. The summed E-state index contributed by atoms with van der Waals surface area (Å²) in [6.45, 7) is 6.71. The molecule has 1 nitrogen and oxygen atoms in total. The smallest absolute Gasteiger partial charge is 0.0342 e. The van der Waals surface area contributed by atoms with Crippen LogP contribution in [0.25, 0.3) is 0 Å². The zero-order valence-electron chi connectivity index (χ0n) is 10.9. The van der Waals surface area contributed by atoms with Crippen molar-refractivity contribution >= 4 is 5.69 Å². The van der Waals surface area contributed by atoms with Crippen LogP contribution in [0.4, 0.5) is 5.69 Å². The number of anilines is 1. The normalized spacial score (nSPS) is 12.4. The number of unbranched alkanes of at least 4 members (excludes halogenated alkanes) is 2. The van der Waals surface area contributed by atoms with E-state index in [9.17, 15) is 0 Å². The molecule has 1 aromatic rings. The van der Waals surface area contributed by atoms with E-state index >= 15 is 0 Å². The summed E-state index contributed by atoms with van der Waals surface area (Å²) < 4.78 is 0. The van der Waals surface area contributed by atoms with Crippen LogP contribution in [0.1, 0.15) is 52.0 Å². The molecule has 1 atom stereocenters. The van der Waals surface area contributed by atoms with Crippen LogP contribution in [0.5, 0.6) is 0 Å². The first-order valence-corrected chi connectivity index (χ1v) is 6.61. The van der Waals surface area contributed by atoms with Gasteiger partial charge in [-0.3, -0.25) is 0 Å². The lowest BCUT2D eigenvalue weighted by Crippen LogP contribution is -2.14. The fraction of sp³-hybridized carbons (Fsp3) is 0.600. The second kappa shape index (κ2) is 7.32. The highest BCUT2D eigenvalue weighted by atomic mass is 14.9. The maximum atomic E-state index is 3.55. The molecule has 0 spiro atoms. The monoisotopic (exact) mass is 219 g/mol. The van der Waals surface area contributed by atoms with E-state index < -0.39 is 0 Å². The van der Waals surface area contributed by atoms with Gasteiger partial charge in [0.25, 0.3) is 0 Å². The molecule has 0 aliphatic rings. The van der Waals surface area contributed by atoms with Crippen molar-refractivity contribution in [2.45, 2.75) is 58.9 Å². The van der Waals surface area contributed by atoms with E-state index in [0.29, 0.717) is 6.04 Å². The van der Waals surface area contributed by atoms with Crippen LogP contribution < -0.4 is 5.32 Å². The van der Waals surface area contributed by atoms with Crippen LogP contribution in [0.2, 0.25) is 0 Å². The Labute approximate surface area is 100 Å². The Morgan fingerprint density at radius 1 is 1.06 bits per heavy atom. The molecule has 0 saturated carbocycles. The number of aryl methyl sites for hydroxylation is 1. The van der Waals surface area contributed by atoms with E-state index in [0.717, 1.165) is 6.42 Å². The third-order valence-electron chi connectivity index (χ3n) is 3.02. The summed E-state index contributed by atoms with van der Waals surface area (Å²) in [7, 11) is 0. The Balaban J connectivity index is 2.34. The van der Waals surface area contributed by atoms with Crippen molar-refractivity contribution in [2.24, 2.45) is 0 Å². The predicted octanol–water partition coefficient (Wildman–Crippen LogP) is 4.63. The summed E-state index contributed by atoms with van der Waals surface area (Å²) in [5.41, 5.74) is 2.66. The van der Waals surface area contributed by atoms with Crippen LogP contribution in [0.3, 0.4) is 0 Å². The van der Waals surface area contributed by atoms with Crippen molar-refractivity contribution in [2.75, 3.05) is 5.32 Å². The molecule has 1 rings (SSSR count). The summed E-state index contributed by atoms with van der Waals surface area (Å²) in [5.74, 6) is 0. The highest BCUT2D eigenvalue weighted by molar-refractivity contribution is 5.45. The summed E-state index contributed by atoms with van der Waals surface area (Å²) in [4.78, 5) is 0. The molecule has 16 heavy (non-hydrogen) atoms. The van der Waals surface area contributed by atoms with E-state index in [1.54, 1.807) is 0 Å². The molecule has 1 N–H and O–H groups in total. The van der Waals surface area contributed by atoms with E-state index in [2.05, 4.69) is 50.4 Å². The van der Waals surface area contributed by atoms with Crippen molar-refractivity contribution in [1.82, 2.24) is 0 Å². The molecule has 0 radical (unpaired) electrons. The maximum Gasteiger partial charge on any atom is 0.0342 e. The minimum atomic E-state index is 0.582. The molecule has 0 aliphatic carbocycles. The van der Waals surface area contributed by atoms with Gasteiger partial charge in [-0.2, -0.15) is 0 Å². The van der Waals surface area contributed by atoms with E-state index in [-0.39, 0.29) is 0 Å². The fourth-order valence-corrected chi connectivity index (χ4v) is 1.89. The van der Waals surface area contributed by atoms with Gasteiger partial charge >= 0.3 is 0 Å². The Hall–Kier alpha value is -0.980. The van der Waals surface area contributed by atoms with Gasteiger partial charge in [0.2, 0.25) is 0 Å². The van der Waals surface area contributed by atoms with Crippen LogP contribution in [0, 0.1) is 0 Å². The van der Waals surface area contributed by atoms with Gasteiger partial charge in [-0.05, 0) is 37.5 Å². The number of benzene rings is 1. The number of hydrogen-bond donors (Lipinski definition) is 1. The zero-order chi connectivity index (χ0) is 11.8. The Morgan fingerprint density at radius 2 is 1.75 bits per heavy atom. The third-order valence-corrected chi connectivity index (χ3v) is 3.02. The summed E-state index contributed by atoms with van der Waals surface area (Å²) >= 11 is 0. The first-order valence-electron chi connectivity index (χ1n) is 6.61. The number of rotatable bonds is 7. The van der Waals surface area contributed by atoms with Crippen LogP contribution in [0.15, 0.2) is 24.3 Å². The molecular weight excluding hydrogens is 194 g/mol. The van der Waals surface area contributed by atoms with E-state index in [1.165, 1.54) is 36.9 Å². The van der Waals surface area contributed by atoms with Gasteiger partial charge in [0.05, 0.1) is 0 Å². The topological polar surface area (TPSA) is 12.0 Å². The van der Waals surface area contributed by atoms with Gasteiger partial charge in [-0.25, -0.2) is 0 Å². The number of nitrogens with one attached hydrogen (secondary N) is 1. The van der Waals surface area contributed by atoms with Gasteiger partial charge in [0, 0.05) is 11.7 Å². The Kier molecular flexibility index (Phi) is 5.99. The zero-order valence-corrected chi connectivity index (χ0v) is 10.9. The van der Waals surface area contributed by atoms with Crippen molar-refractivity contribution in [3.8, 4) is 0 Å². The summed E-state index contributed by atoms with van der Waals surface area (Å²) in [5, 5.41) is 3.55. The first-order chi connectivity index (χ1) is 7.76. The fourth-order valence-electron chi connectivity index (χ4n) is 1.89. The minimum Gasteiger partial charge on any atom is -0.383 e. The van der Waals surface area contributed by atoms with Crippen molar-refractivity contribution < 1.29 is 0 Å². The van der Waals surface area contributed by atoms with Gasteiger partial charge < -0.3 is 5.32 Å². The van der Waals surface area contributed by atoms with Crippen LogP contribution in [-0.4, -0.2) is 6.04 Å². The van der Waals surface area contributed by atoms with Gasteiger partial charge in [-0.15, -0.1) is 0 Å². The molecular formula is C15H25N. The SMILES string of the molecule is CCCCCC(C)Nc1ccc(CC)cc1. The average molecular weight is 219 g/mol. The molecule has 0 amide bonds. The molecule has 0 aliphatic heterocycles. The molecule has 1 heteroatoms. The molecule has 0 saturated heterocycles. The molecule has 1 unspecified atom stereocenters. The largest absolute Gasteiger partial charge is 0.383 e. The molecule has 1 aromatic carbocycles. The highest BCUT2D eigenvalue weighted by Gasteiger charge is 2.01. The molecule has 0 heterocycles. The summed E-state index contributed by atoms with van der Waals surface area (Å²) in [6, 6.07) is 9.38. The predicted molar refractivity (Wildman–Crippen MR) is 73.0 cm³/mol. The second-order valence-electron chi connectivity index (χ2n) is 4.59. The van der Waals surface area contributed by atoms with Gasteiger partial charge in [0.1, 0.15) is 0 Å². The van der Waals surface area contributed by atoms with Crippen LogP contribution >= 0.6 is 0 Å². The number of hydrogen-bond acceptors (Lipinski definition) is 1. The first kappa shape index (κ1) is 13.1. The molecule has 0 fully saturated rings. The Morgan fingerprint density at radius 3 is 2.31 bits per heavy atom. The molecule has 0 bridgehead atoms. The van der Waals surface area contributed by atoms with Crippen molar-refractivity contribution in [1.29, 1.82) is 0 Å². The lowest BCUT2D eigenvalue weighted by atomic mass is 10.1. The Bertz CT molecular complexity index is 276. The third kappa shape index (κ3) is 4.69. The highest BCUT2D eigenvalue weighted by Crippen LogP contribution is 2.13. The average Bonchev–Trinajstić information content (AvgIpc) is 2.30. The van der Waals surface area contributed by atoms with Crippen molar-refractivity contribution in [3.63, 3.8) is 0 Å². The maximum absolute atomic E-state index is 3.55. The van der Waals surface area contributed by atoms with Gasteiger partial charge in [0.15, 0.2) is 0 Å². The van der Waals surface area contributed by atoms with E-state index in [4.69, 9.17) is 0 Å².